The number of para-hydroxylation sites is 2. The minimum Gasteiger partial charge on any atom is -0.398 e. The molecule has 0 fully saturated rings. The molecule has 0 spiro atoms. The third-order valence-corrected chi connectivity index (χ3v) is 7.62. The molecule has 6 rings (SSSR count). The summed E-state index contributed by atoms with van der Waals surface area (Å²) in [7, 11) is 0. The number of carbonyl (C=O) groups is 2. The van der Waals surface area contributed by atoms with Gasteiger partial charge in [-0.1, -0.05) is 49.7 Å². The van der Waals surface area contributed by atoms with Crippen molar-refractivity contribution in [2.75, 3.05) is 10.6 Å². The van der Waals surface area contributed by atoms with E-state index in [4.69, 9.17) is 5.73 Å². The molecule has 198 valence electrons. The zero-order chi connectivity index (χ0) is 26.6. The van der Waals surface area contributed by atoms with Crippen molar-refractivity contribution < 1.29 is 14.0 Å². The Morgan fingerprint density at radius 3 is 2.46 bits per heavy atom. The molecule has 8 heteroatoms. The molecule has 2 N–H and O–H groups in total. The predicted molar refractivity (Wildman–Crippen MR) is 155 cm³/mol. The van der Waals surface area contributed by atoms with Crippen LogP contribution in [0.2, 0.25) is 0 Å². The summed E-state index contributed by atoms with van der Waals surface area (Å²) in [6.07, 6.45) is 3.78. The van der Waals surface area contributed by atoms with E-state index in [0.717, 1.165) is 41.2 Å². The maximum Gasteiger partial charge on any atom is 0.250 e. The smallest absolute Gasteiger partial charge is 0.250 e. The monoisotopic (exact) mass is 542 g/mol. The number of rotatable bonds is 6. The molecule has 2 aromatic heterocycles. The quantitative estimate of drug-likeness (QED) is 0.143. The van der Waals surface area contributed by atoms with Crippen LogP contribution in [0.1, 0.15) is 42.7 Å². The van der Waals surface area contributed by atoms with Crippen molar-refractivity contribution in [1.82, 2.24) is 9.55 Å². The number of aryl methyl sites for hydroxylation is 1. The zero-order valence-corrected chi connectivity index (χ0v) is 22.5. The fraction of sp³-hybridized carbons (Fsp3) is 0.194. The number of aromatic nitrogens is 2. The van der Waals surface area contributed by atoms with Crippen LogP contribution in [0.25, 0.3) is 21.8 Å². The SMILES string of the molecule is CCCCn1c2ccccc2c2cc(C(=O)[C@@]3(C)C(=O)N(c4ccccc4F)c4cccc(N)c43)ncc21.Cl. The first-order valence-corrected chi connectivity index (χ1v) is 12.8. The lowest BCUT2D eigenvalue weighted by Gasteiger charge is -2.23. The first kappa shape index (κ1) is 26.4. The van der Waals surface area contributed by atoms with Crippen molar-refractivity contribution >= 4 is 63.0 Å². The average molecular weight is 543 g/mol. The largest absolute Gasteiger partial charge is 0.398 e. The van der Waals surface area contributed by atoms with E-state index in [-0.39, 0.29) is 23.8 Å². The topological polar surface area (TPSA) is 81.2 Å². The van der Waals surface area contributed by atoms with Crippen LogP contribution in [0.4, 0.5) is 21.5 Å². The Kier molecular flexibility index (Phi) is 6.64. The minimum absolute atomic E-state index is 0. The molecule has 1 aliphatic rings. The van der Waals surface area contributed by atoms with Crippen molar-refractivity contribution in [2.45, 2.75) is 38.6 Å². The number of hydrogen-bond acceptors (Lipinski definition) is 4. The van der Waals surface area contributed by atoms with Crippen LogP contribution in [0, 0.1) is 5.82 Å². The van der Waals surface area contributed by atoms with E-state index < -0.39 is 22.9 Å². The Balaban J connectivity index is 0.00000308. The van der Waals surface area contributed by atoms with E-state index in [1.807, 2.05) is 18.2 Å². The van der Waals surface area contributed by atoms with Crippen molar-refractivity contribution in [1.29, 1.82) is 0 Å². The number of hydrogen-bond donors (Lipinski definition) is 1. The van der Waals surface area contributed by atoms with Gasteiger partial charge in [-0.15, -0.1) is 12.4 Å². The van der Waals surface area contributed by atoms with Gasteiger partial charge in [0.15, 0.2) is 0 Å². The number of anilines is 3. The van der Waals surface area contributed by atoms with Gasteiger partial charge in [-0.25, -0.2) is 4.39 Å². The van der Waals surface area contributed by atoms with Gasteiger partial charge in [-0.05, 0) is 49.7 Å². The second-order valence-corrected chi connectivity index (χ2v) is 9.90. The summed E-state index contributed by atoms with van der Waals surface area (Å²) in [5.74, 6) is -1.61. The van der Waals surface area contributed by atoms with Crippen LogP contribution in [0.5, 0.6) is 0 Å². The molecule has 0 radical (unpaired) electrons. The van der Waals surface area contributed by atoms with Gasteiger partial charge in [0.1, 0.15) is 16.9 Å². The Morgan fingerprint density at radius 1 is 0.974 bits per heavy atom. The number of nitrogens with two attached hydrogens (primary N) is 1. The summed E-state index contributed by atoms with van der Waals surface area (Å²) < 4.78 is 17.1. The van der Waals surface area contributed by atoms with Crippen molar-refractivity contribution in [2.24, 2.45) is 0 Å². The average Bonchev–Trinajstić information content (AvgIpc) is 3.37. The van der Waals surface area contributed by atoms with Crippen LogP contribution in [-0.2, 0) is 16.8 Å². The molecule has 0 aliphatic carbocycles. The van der Waals surface area contributed by atoms with Crippen molar-refractivity contribution in [3.63, 3.8) is 0 Å². The fourth-order valence-corrected chi connectivity index (χ4v) is 5.69. The molecule has 0 unspecified atom stereocenters. The highest BCUT2D eigenvalue weighted by Gasteiger charge is 2.55. The summed E-state index contributed by atoms with van der Waals surface area (Å²) in [4.78, 5) is 34.1. The molecule has 39 heavy (non-hydrogen) atoms. The second kappa shape index (κ2) is 9.82. The maximum absolute atomic E-state index is 14.9. The lowest BCUT2D eigenvalue weighted by molar-refractivity contribution is -0.120. The molecule has 0 bridgehead atoms. The van der Waals surface area contributed by atoms with Gasteiger partial charge in [0, 0.05) is 34.1 Å². The maximum atomic E-state index is 14.9. The molecule has 3 aromatic carbocycles. The summed E-state index contributed by atoms with van der Waals surface area (Å²) in [5, 5.41) is 1.92. The molecule has 5 aromatic rings. The summed E-state index contributed by atoms with van der Waals surface area (Å²) >= 11 is 0. The second-order valence-electron chi connectivity index (χ2n) is 9.90. The van der Waals surface area contributed by atoms with E-state index in [2.05, 4.69) is 22.5 Å². The zero-order valence-electron chi connectivity index (χ0n) is 21.6. The van der Waals surface area contributed by atoms with E-state index in [0.29, 0.717) is 16.9 Å². The normalized spacial score (nSPS) is 16.5. The van der Waals surface area contributed by atoms with Crippen LogP contribution in [-0.4, -0.2) is 21.2 Å². The van der Waals surface area contributed by atoms with Crippen LogP contribution in [0.3, 0.4) is 0 Å². The van der Waals surface area contributed by atoms with Crippen LogP contribution < -0.4 is 10.6 Å². The van der Waals surface area contributed by atoms with Gasteiger partial charge >= 0.3 is 0 Å². The summed E-state index contributed by atoms with van der Waals surface area (Å²) in [6, 6.07) is 20.9. The van der Waals surface area contributed by atoms with Gasteiger partial charge in [0.05, 0.1) is 23.1 Å². The Morgan fingerprint density at radius 2 is 1.69 bits per heavy atom. The minimum atomic E-state index is -1.68. The van der Waals surface area contributed by atoms with E-state index >= 15 is 0 Å². The number of carbonyl (C=O) groups excluding carboxylic acids is 2. The van der Waals surface area contributed by atoms with Gasteiger partial charge < -0.3 is 10.3 Å². The highest BCUT2D eigenvalue weighted by Crippen LogP contribution is 2.50. The van der Waals surface area contributed by atoms with Crippen molar-refractivity contribution in [3.8, 4) is 0 Å². The van der Waals surface area contributed by atoms with E-state index in [9.17, 15) is 14.0 Å². The van der Waals surface area contributed by atoms with Crippen LogP contribution in [0.15, 0.2) is 79.0 Å². The summed E-state index contributed by atoms with van der Waals surface area (Å²) in [6.45, 7) is 4.55. The highest BCUT2D eigenvalue weighted by molar-refractivity contribution is 6.29. The Bertz CT molecular complexity index is 1760. The third-order valence-electron chi connectivity index (χ3n) is 7.62. The predicted octanol–water partition coefficient (Wildman–Crippen LogP) is 6.95. The molecular weight excluding hydrogens is 515 g/mol. The Labute approximate surface area is 231 Å². The molecular formula is C31H28ClFN4O2. The van der Waals surface area contributed by atoms with Crippen molar-refractivity contribution in [3.05, 3.63) is 96.1 Å². The standard InChI is InChI=1S/C31H27FN4O2.ClH/c1-3-4-16-35-24-13-7-5-10-19(24)20-17-23(34-18-27(20)35)29(37)31(2)28-22(33)12-9-15-26(28)36(30(31)38)25-14-8-6-11-21(25)32;/h5-15,17-18H,3-4,16,33H2,1-2H3;1H/t31-;/m0./s1. The number of amides is 1. The Hall–Kier alpha value is -4.23. The molecule has 6 nitrogen and oxygen atoms in total. The number of ketones is 1. The lowest BCUT2D eigenvalue weighted by Crippen LogP contribution is -2.43. The number of pyridine rings is 1. The molecule has 0 saturated heterocycles. The molecule has 1 amide bonds. The molecule has 1 aliphatic heterocycles. The van der Waals surface area contributed by atoms with Crippen LogP contribution >= 0.6 is 12.4 Å². The number of unbranched alkanes of at least 4 members (excludes halogenated alkanes) is 1. The molecule has 3 heterocycles. The van der Waals surface area contributed by atoms with Gasteiger partial charge in [0.25, 0.3) is 0 Å². The lowest BCUT2D eigenvalue weighted by atomic mass is 9.77. The highest BCUT2D eigenvalue weighted by atomic mass is 35.5. The van der Waals surface area contributed by atoms with Gasteiger partial charge in [-0.2, -0.15) is 0 Å². The first-order chi connectivity index (χ1) is 18.4. The first-order valence-electron chi connectivity index (χ1n) is 12.8. The van der Waals surface area contributed by atoms with E-state index in [1.165, 1.54) is 17.0 Å². The molecule has 0 saturated carbocycles. The number of Topliss-reactive ketones (excluding diaryl/α,β-unsaturated/α-hetero) is 1. The number of halogens is 2. The number of fused-ring (bicyclic) bond motifs is 4. The third kappa shape index (κ3) is 3.80. The van der Waals surface area contributed by atoms with Gasteiger partial charge in [0.2, 0.25) is 11.7 Å². The number of benzene rings is 3. The number of nitrogens with zero attached hydrogens (tertiary/aromatic N) is 3. The molecule has 1 atom stereocenters. The summed E-state index contributed by atoms with van der Waals surface area (Å²) in [5.41, 5.74) is 8.00. The number of nitrogen functional groups attached to an aromatic ring is 1. The fourth-order valence-electron chi connectivity index (χ4n) is 5.69. The van der Waals surface area contributed by atoms with E-state index in [1.54, 1.807) is 49.5 Å². The van der Waals surface area contributed by atoms with Gasteiger partial charge in [-0.3, -0.25) is 19.5 Å².